The smallest absolute Gasteiger partial charge is 0.227 e. The first kappa shape index (κ1) is 28.9. The van der Waals surface area contributed by atoms with E-state index in [1.54, 1.807) is 0 Å². The zero-order valence-electron chi connectivity index (χ0n) is 28.4. The molecule has 4 heteroatoms. The number of nitrogens with zero attached hydrogens (tertiary/aromatic N) is 2. The molecule has 0 spiro atoms. The third kappa shape index (κ3) is 4.18. The van der Waals surface area contributed by atoms with Gasteiger partial charge in [0.1, 0.15) is 5.69 Å². The number of benzene rings is 9. The number of oxazole rings is 1. The molecule has 9 aromatic carbocycles. The molecule has 0 saturated heterocycles. The Labute approximate surface area is 309 Å². The van der Waals surface area contributed by atoms with E-state index in [4.69, 9.17) is 9.40 Å². The molecule has 0 N–H and O–H groups in total. The summed E-state index contributed by atoms with van der Waals surface area (Å²) in [7, 11) is 0. The predicted molar refractivity (Wildman–Crippen MR) is 223 cm³/mol. The van der Waals surface area contributed by atoms with Crippen molar-refractivity contribution < 1.29 is 4.42 Å². The number of anilines is 3. The molecule has 0 bridgehead atoms. The SMILES string of the molecule is c1ccc(-c2cccc(-c3nc4c(o3)-c3cc5ccc(N(c6ccccc6)c6ccc7sc8ccccc8c7c6)c6ccc7ccc-4c3c7c56)c2)cc1. The number of fused-ring (bicyclic) bond motifs is 6. The van der Waals surface area contributed by atoms with Gasteiger partial charge in [0.25, 0.3) is 0 Å². The molecule has 0 atom stereocenters. The molecule has 0 fully saturated rings. The Kier molecular flexibility index (Phi) is 5.93. The highest BCUT2D eigenvalue weighted by Crippen LogP contribution is 2.54. The molecule has 2 heterocycles. The highest BCUT2D eigenvalue weighted by Gasteiger charge is 2.31. The van der Waals surface area contributed by atoms with Crippen LogP contribution in [0.1, 0.15) is 0 Å². The zero-order chi connectivity index (χ0) is 34.6. The summed E-state index contributed by atoms with van der Waals surface area (Å²) in [6, 6.07) is 61.2. The van der Waals surface area contributed by atoms with Crippen molar-refractivity contribution in [2.45, 2.75) is 0 Å². The zero-order valence-corrected chi connectivity index (χ0v) is 29.2. The van der Waals surface area contributed by atoms with Crippen LogP contribution in [0.15, 0.2) is 174 Å². The maximum atomic E-state index is 6.71. The van der Waals surface area contributed by atoms with E-state index >= 15 is 0 Å². The molecular weight excluding hydrogens is 665 g/mol. The van der Waals surface area contributed by atoms with Gasteiger partial charge in [-0.1, -0.05) is 109 Å². The number of hydrogen-bond donors (Lipinski definition) is 0. The molecule has 0 aliphatic heterocycles. The van der Waals surface area contributed by atoms with Crippen LogP contribution < -0.4 is 4.90 Å². The minimum absolute atomic E-state index is 0.646. The Bertz CT molecular complexity index is 3230. The topological polar surface area (TPSA) is 29.3 Å². The van der Waals surface area contributed by atoms with E-state index in [1.807, 2.05) is 17.4 Å². The van der Waals surface area contributed by atoms with Crippen LogP contribution in [0.4, 0.5) is 17.1 Å². The summed E-state index contributed by atoms with van der Waals surface area (Å²) < 4.78 is 9.33. The number of para-hydroxylation sites is 1. The van der Waals surface area contributed by atoms with Gasteiger partial charge in [-0.05, 0) is 93.3 Å². The lowest BCUT2D eigenvalue weighted by atomic mass is 9.90. The fourth-order valence-electron chi connectivity index (χ4n) is 8.60. The second-order valence-corrected chi connectivity index (χ2v) is 15.0. The van der Waals surface area contributed by atoms with E-state index in [9.17, 15) is 0 Å². The second kappa shape index (κ2) is 10.9. The summed E-state index contributed by atoms with van der Waals surface area (Å²) >= 11 is 1.85. The van der Waals surface area contributed by atoms with Crippen LogP contribution in [0.2, 0.25) is 0 Å². The average molecular weight is 693 g/mol. The van der Waals surface area contributed by atoms with Crippen LogP contribution in [0.3, 0.4) is 0 Å². The van der Waals surface area contributed by atoms with Crippen LogP contribution >= 0.6 is 11.3 Å². The highest BCUT2D eigenvalue weighted by molar-refractivity contribution is 7.25. The molecule has 1 aliphatic carbocycles. The van der Waals surface area contributed by atoms with E-state index in [0.29, 0.717) is 5.89 Å². The summed E-state index contributed by atoms with van der Waals surface area (Å²) in [4.78, 5) is 7.59. The summed E-state index contributed by atoms with van der Waals surface area (Å²) in [6.07, 6.45) is 0. The van der Waals surface area contributed by atoms with E-state index in [-0.39, 0.29) is 0 Å². The van der Waals surface area contributed by atoms with Crippen molar-refractivity contribution in [3.8, 4) is 45.2 Å². The monoisotopic (exact) mass is 692 g/mol. The summed E-state index contributed by atoms with van der Waals surface area (Å²) in [5, 5.41) is 9.97. The van der Waals surface area contributed by atoms with Crippen LogP contribution in [-0.2, 0) is 0 Å². The maximum absolute atomic E-state index is 6.71. The summed E-state index contributed by atoms with van der Waals surface area (Å²) in [5.74, 6) is 1.49. The molecular formula is C49H28N2OS. The van der Waals surface area contributed by atoms with Gasteiger partial charge in [-0.3, -0.25) is 0 Å². The molecule has 0 amide bonds. The van der Waals surface area contributed by atoms with E-state index in [2.05, 4.69) is 169 Å². The van der Waals surface area contributed by atoms with Crippen molar-refractivity contribution in [3.63, 3.8) is 0 Å². The van der Waals surface area contributed by atoms with Gasteiger partial charge in [0.2, 0.25) is 5.89 Å². The van der Waals surface area contributed by atoms with Gasteiger partial charge >= 0.3 is 0 Å². The van der Waals surface area contributed by atoms with Gasteiger partial charge in [0.15, 0.2) is 5.76 Å². The Morgan fingerprint density at radius 3 is 2.11 bits per heavy atom. The molecule has 246 valence electrons. The third-order valence-electron chi connectivity index (χ3n) is 11.0. The Balaban J connectivity index is 1.05. The summed E-state index contributed by atoms with van der Waals surface area (Å²) in [5.41, 5.74) is 9.86. The fraction of sp³-hybridized carbons (Fsp3) is 0. The minimum Gasteiger partial charge on any atom is -0.435 e. The molecule has 3 nitrogen and oxygen atoms in total. The van der Waals surface area contributed by atoms with Crippen molar-refractivity contribution in [2.24, 2.45) is 0 Å². The molecule has 0 unspecified atom stereocenters. The molecule has 2 aromatic heterocycles. The lowest BCUT2D eigenvalue weighted by Crippen LogP contribution is -2.10. The van der Waals surface area contributed by atoms with Crippen molar-refractivity contribution in [1.29, 1.82) is 0 Å². The van der Waals surface area contributed by atoms with Crippen molar-refractivity contribution in [3.05, 3.63) is 170 Å². The lowest BCUT2D eigenvalue weighted by molar-refractivity contribution is 0.590. The molecule has 53 heavy (non-hydrogen) atoms. The van der Waals surface area contributed by atoms with Gasteiger partial charge in [-0.25, -0.2) is 4.98 Å². The van der Waals surface area contributed by atoms with E-state index in [0.717, 1.165) is 50.8 Å². The van der Waals surface area contributed by atoms with Gasteiger partial charge < -0.3 is 9.32 Å². The molecule has 0 radical (unpaired) electrons. The normalized spacial score (nSPS) is 12.2. The molecule has 0 saturated carbocycles. The summed E-state index contributed by atoms with van der Waals surface area (Å²) in [6.45, 7) is 0. The van der Waals surface area contributed by atoms with Gasteiger partial charge in [-0.2, -0.15) is 0 Å². The standard InChI is InChI=1S/C49H28N2OS/c1-3-10-29(11-4-1)31-12-9-13-33(26-31)49-50-47-38-23-19-30-18-22-37-41(24-20-32-27-40(48(47)52-49)46(38)45(30)44(32)37)51(34-14-5-2-6-15-34)35-21-25-43-39(28-35)36-16-7-8-17-42(36)53-43/h1-28H. The van der Waals surface area contributed by atoms with E-state index in [1.165, 1.54) is 58.1 Å². The minimum atomic E-state index is 0.646. The fourth-order valence-corrected chi connectivity index (χ4v) is 9.69. The van der Waals surface area contributed by atoms with Gasteiger partial charge in [0, 0.05) is 59.0 Å². The van der Waals surface area contributed by atoms with Gasteiger partial charge in [-0.15, -0.1) is 11.3 Å². The van der Waals surface area contributed by atoms with Crippen LogP contribution in [0.5, 0.6) is 0 Å². The van der Waals surface area contributed by atoms with Crippen molar-refractivity contribution >= 4 is 80.9 Å². The first-order valence-electron chi connectivity index (χ1n) is 18.0. The van der Waals surface area contributed by atoms with Crippen LogP contribution in [-0.4, -0.2) is 4.98 Å². The lowest BCUT2D eigenvalue weighted by Gasteiger charge is -2.28. The second-order valence-electron chi connectivity index (χ2n) is 13.9. The number of hydrogen-bond acceptors (Lipinski definition) is 4. The predicted octanol–water partition coefficient (Wildman–Crippen LogP) is 14.4. The Morgan fingerprint density at radius 2 is 1.21 bits per heavy atom. The first-order chi connectivity index (χ1) is 26.3. The van der Waals surface area contributed by atoms with Crippen molar-refractivity contribution in [2.75, 3.05) is 4.90 Å². The van der Waals surface area contributed by atoms with Gasteiger partial charge in [0.05, 0.1) is 5.69 Å². The largest absolute Gasteiger partial charge is 0.435 e. The van der Waals surface area contributed by atoms with E-state index < -0.39 is 0 Å². The average Bonchev–Trinajstić information content (AvgIpc) is 3.91. The van der Waals surface area contributed by atoms with Crippen molar-refractivity contribution in [1.82, 2.24) is 4.98 Å². The van der Waals surface area contributed by atoms with Crippen LogP contribution in [0, 0.1) is 0 Å². The highest BCUT2D eigenvalue weighted by atomic mass is 32.1. The number of aromatic nitrogens is 1. The maximum Gasteiger partial charge on any atom is 0.227 e. The molecule has 1 aliphatic rings. The first-order valence-corrected chi connectivity index (χ1v) is 18.8. The quantitative estimate of drug-likeness (QED) is 0.168. The number of thiophene rings is 1. The number of rotatable bonds is 5. The Hall–Kier alpha value is -6.75. The van der Waals surface area contributed by atoms with Crippen LogP contribution in [0.25, 0.3) is 97.7 Å². The molecule has 11 aromatic rings. The third-order valence-corrected chi connectivity index (χ3v) is 12.1. The molecule has 12 rings (SSSR count). The Morgan fingerprint density at radius 1 is 0.453 bits per heavy atom.